The first kappa shape index (κ1) is 46.0. The Morgan fingerprint density at radius 1 is 0.984 bits per heavy atom. The number of phenolic OH excluding ortho intramolecular Hbond substituents is 1. The Morgan fingerprint density at radius 3 is 2.55 bits per heavy atom. The number of halogens is 1. The van der Waals surface area contributed by atoms with E-state index in [0.717, 1.165) is 11.1 Å². The smallest absolute Gasteiger partial charge is 0.411 e. The quantitative estimate of drug-likeness (QED) is 0.0479. The lowest BCUT2D eigenvalue weighted by Crippen LogP contribution is -2.37. The van der Waals surface area contributed by atoms with E-state index in [2.05, 4.69) is 25.8 Å². The molecule has 2 unspecified atom stereocenters. The summed E-state index contributed by atoms with van der Waals surface area (Å²) in [6.07, 6.45) is 0.676. The van der Waals surface area contributed by atoms with Crippen LogP contribution in [0.2, 0.25) is 5.02 Å². The molecule has 2 heterocycles. The number of carbonyl (C=O) groups excluding carboxylic acids is 3. The number of aromatic hydroxyl groups is 1. The zero-order valence-corrected chi connectivity index (χ0v) is 36.7. The number of hydrogen-bond acceptors (Lipinski definition) is 11. The fourth-order valence-corrected chi connectivity index (χ4v) is 9.07. The molecule has 7 rings (SSSR count). The number of pyridine rings is 1. The highest BCUT2D eigenvalue weighted by Crippen LogP contribution is 2.43. The molecule has 0 spiro atoms. The lowest BCUT2D eigenvalue weighted by Gasteiger charge is -2.24. The number of para-hydroxylation sites is 1. The molecule has 2 fully saturated rings. The van der Waals surface area contributed by atoms with Crippen LogP contribution in [-0.2, 0) is 20.9 Å². The van der Waals surface area contributed by atoms with Crippen molar-refractivity contribution >= 4 is 51.8 Å². The van der Waals surface area contributed by atoms with Crippen molar-refractivity contribution < 1.29 is 39.2 Å². The van der Waals surface area contributed by atoms with E-state index in [1.54, 1.807) is 36.2 Å². The fourth-order valence-electron chi connectivity index (χ4n) is 8.83. The number of aromatic amines is 1. The summed E-state index contributed by atoms with van der Waals surface area (Å²) in [6.45, 7) is 2.46. The molecule has 3 amide bonds. The number of amides is 3. The predicted molar refractivity (Wildman–Crippen MR) is 246 cm³/mol. The van der Waals surface area contributed by atoms with Crippen molar-refractivity contribution in [1.29, 1.82) is 0 Å². The zero-order chi connectivity index (χ0) is 45.4. The minimum atomic E-state index is -0.986. The molecule has 2 aliphatic rings. The van der Waals surface area contributed by atoms with Crippen molar-refractivity contribution in [1.82, 2.24) is 20.1 Å². The highest BCUT2D eigenvalue weighted by atomic mass is 35.5. The van der Waals surface area contributed by atoms with E-state index in [9.17, 15) is 34.5 Å². The number of aliphatic hydroxyl groups is 2. The summed E-state index contributed by atoms with van der Waals surface area (Å²) in [6, 6.07) is 26.6. The summed E-state index contributed by atoms with van der Waals surface area (Å²) in [4.78, 5) is 57.0. The van der Waals surface area contributed by atoms with Gasteiger partial charge in [-0.05, 0) is 54.7 Å². The number of β-amino-alcohol motifs (C(OH)–C–C–N with tert-alkyl or cyclic N) is 1. The summed E-state index contributed by atoms with van der Waals surface area (Å²) >= 11 is 6.57. The van der Waals surface area contributed by atoms with Gasteiger partial charge in [0.1, 0.15) is 17.6 Å². The van der Waals surface area contributed by atoms with Crippen molar-refractivity contribution in [3.8, 4) is 22.6 Å². The number of nitrogens with one attached hydrogen (secondary N) is 4. The number of phenols is 1. The van der Waals surface area contributed by atoms with Crippen molar-refractivity contribution in [3.63, 3.8) is 0 Å². The normalized spacial score (nSPS) is 18.6. The minimum Gasteiger partial charge on any atom is -0.506 e. The monoisotopic (exact) mass is 894 g/mol. The van der Waals surface area contributed by atoms with E-state index in [1.807, 2.05) is 54.6 Å². The molecule has 15 nitrogen and oxygen atoms in total. The van der Waals surface area contributed by atoms with E-state index >= 15 is 0 Å². The van der Waals surface area contributed by atoms with Crippen LogP contribution >= 0.6 is 11.6 Å². The second-order valence-electron chi connectivity index (χ2n) is 16.7. The van der Waals surface area contributed by atoms with Crippen LogP contribution < -0.4 is 26.2 Å². The summed E-state index contributed by atoms with van der Waals surface area (Å²) in [7, 11) is 3.26. The van der Waals surface area contributed by atoms with Crippen LogP contribution in [0.5, 0.6) is 11.5 Å². The number of rotatable bonds is 18. The molecular formula is C48H55ClN6O9. The van der Waals surface area contributed by atoms with Gasteiger partial charge in [-0.15, -0.1) is 0 Å². The number of anilines is 2. The third kappa shape index (κ3) is 11.2. The Labute approximate surface area is 376 Å². The molecule has 4 atom stereocenters. The van der Waals surface area contributed by atoms with Gasteiger partial charge < -0.3 is 45.3 Å². The van der Waals surface area contributed by atoms with Crippen molar-refractivity contribution in [2.75, 3.05) is 57.5 Å². The molecular weight excluding hydrogens is 840 g/mol. The van der Waals surface area contributed by atoms with Crippen LogP contribution in [-0.4, -0.2) is 107 Å². The minimum absolute atomic E-state index is 0.0171. The molecule has 338 valence electrons. The summed E-state index contributed by atoms with van der Waals surface area (Å²) in [5.74, 6) is 0.0895. The standard InChI is InChI=1S/C48H55ClN6O9/c1-54(45(60)19-21-55-28-32-23-33(25-48(32,62)29-55)64-47(61)52-38-13-7-6-12-34(38)30-10-4-3-5-11-30)20-9-8-14-43(58)51-39-24-42(63-2)31(22-37(39)49)26-50-27-41(57)35-15-17-40(56)46-36(35)16-18-44(59)53-46/h3-7,10-13,15-18,22,24,32-33,41,50,56-57,62H,8-9,14,19-21,23,25-29H2,1-2H3,(H,51,58)(H,52,61)(H,53,59)/t32?,33-,41-,48?/m0/s1. The predicted octanol–water partition coefficient (Wildman–Crippen LogP) is 6.42. The number of nitrogens with zero attached hydrogens (tertiary/aromatic N) is 2. The maximum atomic E-state index is 13.0. The summed E-state index contributed by atoms with van der Waals surface area (Å²) < 4.78 is 11.4. The highest BCUT2D eigenvalue weighted by molar-refractivity contribution is 6.33. The van der Waals surface area contributed by atoms with Gasteiger partial charge in [-0.2, -0.15) is 0 Å². The number of carbonyl (C=O) groups is 3. The second-order valence-corrected chi connectivity index (χ2v) is 17.1. The Morgan fingerprint density at radius 2 is 1.77 bits per heavy atom. The fraction of sp³-hybridized carbons (Fsp3) is 0.375. The molecule has 16 heteroatoms. The first-order valence-electron chi connectivity index (χ1n) is 21.5. The van der Waals surface area contributed by atoms with Gasteiger partial charge in [0.05, 0.1) is 40.7 Å². The summed E-state index contributed by atoms with van der Waals surface area (Å²) in [5, 5.41) is 42.3. The van der Waals surface area contributed by atoms with Crippen molar-refractivity contribution in [2.45, 2.75) is 62.9 Å². The highest BCUT2D eigenvalue weighted by Gasteiger charge is 2.53. The number of methoxy groups -OCH3 is 1. The van der Waals surface area contributed by atoms with Crippen LogP contribution in [0, 0.1) is 5.92 Å². The number of ether oxygens (including phenoxy) is 2. The topological polar surface area (TPSA) is 206 Å². The van der Waals surface area contributed by atoms with Gasteiger partial charge in [-0.3, -0.25) is 24.6 Å². The van der Waals surface area contributed by atoms with Gasteiger partial charge in [0.15, 0.2) is 0 Å². The van der Waals surface area contributed by atoms with Crippen LogP contribution in [0.3, 0.4) is 0 Å². The third-order valence-corrected chi connectivity index (χ3v) is 12.5. The maximum absolute atomic E-state index is 13.0. The SMILES string of the molecule is COc1cc(NC(=O)CCCCN(C)C(=O)CCN2CC3C[C@H](OC(=O)Nc4ccccc4-c4ccccc4)CC3(O)C2)c(Cl)cc1CNC[C@H](O)c1ccc(O)c2[nH]c(=O)ccc12. The molecule has 7 N–H and O–H groups in total. The van der Waals surface area contributed by atoms with Crippen molar-refractivity contribution in [3.05, 3.63) is 117 Å². The van der Waals surface area contributed by atoms with E-state index in [4.69, 9.17) is 21.1 Å². The Balaban J connectivity index is 0.786. The van der Waals surface area contributed by atoms with E-state index < -0.39 is 23.9 Å². The lowest BCUT2D eigenvalue weighted by molar-refractivity contribution is -0.130. The average molecular weight is 895 g/mol. The number of fused-ring (bicyclic) bond motifs is 2. The van der Waals surface area contributed by atoms with Gasteiger partial charge >= 0.3 is 6.09 Å². The number of aliphatic hydroxyl groups excluding tert-OH is 1. The molecule has 0 bridgehead atoms. The van der Waals surface area contributed by atoms with E-state index in [0.29, 0.717) is 96.9 Å². The van der Waals surface area contributed by atoms with E-state index in [1.165, 1.54) is 19.2 Å². The van der Waals surface area contributed by atoms with E-state index in [-0.39, 0.29) is 54.1 Å². The number of hydrogen-bond donors (Lipinski definition) is 7. The average Bonchev–Trinajstić information content (AvgIpc) is 3.75. The second kappa shape index (κ2) is 20.7. The maximum Gasteiger partial charge on any atom is 0.411 e. The number of benzene rings is 4. The van der Waals surface area contributed by atoms with Gasteiger partial charge in [-0.25, -0.2) is 4.79 Å². The molecule has 5 aromatic rings. The molecule has 1 saturated heterocycles. The van der Waals surface area contributed by atoms with Gasteiger partial charge in [0.25, 0.3) is 0 Å². The first-order chi connectivity index (χ1) is 30.8. The van der Waals surface area contributed by atoms with Crippen LogP contribution in [0.1, 0.15) is 55.8 Å². The molecule has 1 aliphatic carbocycles. The molecule has 0 radical (unpaired) electrons. The first-order valence-corrected chi connectivity index (χ1v) is 21.9. The van der Waals surface area contributed by atoms with Crippen LogP contribution in [0.4, 0.5) is 16.2 Å². The van der Waals surface area contributed by atoms with Gasteiger partial charge in [0, 0.05) is 100 Å². The Kier molecular flexibility index (Phi) is 14.9. The van der Waals surface area contributed by atoms with Gasteiger partial charge in [0.2, 0.25) is 17.4 Å². The Hall–Kier alpha value is -5.97. The van der Waals surface area contributed by atoms with Gasteiger partial charge in [-0.1, -0.05) is 66.2 Å². The number of unbranched alkanes of at least 4 members (excludes halogenated alkanes) is 1. The molecule has 1 aromatic heterocycles. The number of H-pyrrole nitrogens is 1. The van der Waals surface area contributed by atoms with Crippen molar-refractivity contribution in [2.24, 2.45) is 5.92 Å². The zero-order valence-electron chi connectivity index (χ0n) is 35.9. The molecule has 4 aromatic carbocycles. The third-order valence-electron chi connectivity index (χ3n) is 12.2. The van der Waals surface area contributed by atoms with Crippen LogP contribution in [0.25, 0.3) is 22.0 Å². The number of aromatic nitrogens is 1. The molecule has 1 saturated carbocycles. The number of likely N-dealkylation sites (tertiary alicyclic amines) is 1. The molecule has 64 heavy (non-hydrogen) atoms. The van der Waals surface area contributed by atoms with Crippen LogP contribution in [0.15, 0.2) is 95.8 Å². The largest absolute Gasteiger partial charge is 0.506 e. The Bertz CT molecular complexity index is 2520. The lowest BCUT2D eigenvalue weighted by atomic mass is 9.95. The summed E-state index contributed by atoms with van der Waals surface area (Å²) in [5.41, 5.74) is 3.06. The molecule has 1 aliphatic heterocycles.